The zero-order valence-corrected chi connectivity index (χ0v) is 15.2. The Morgan fingerprint density at radius 2 is 1.93 bits per heavy atom. The van der Waals surface area contributed by atoms with Crippen molar-refractivity contribution in [3.05, 3.63) is 48.0 Å². The molecular formula is C19H23N5O3. The molecule has 0 radical (unpaired) electrons. The molecular weight excluding hydrogens is 346 g/mol. The summed E-state index contributed by atoms with van der Waals surface area (Å²) in [4.78, 5) is 41.4. The molecule has 1 aromatic carbocycles. The number of hydrogen-bond acceptors (Lipinski definition) is 4. The van der Waals surface area contributed by atoms with Crippen LogP contribution >= 0.6 is 0 Å². The molecule has 27 heavy (non-hydrogen) atoms. The summed E-state index contributed by atoms with van der Waals surface area (Å²) in [6.45, 7) is 2.81. The third-order valence-corrected chi connectivity index (χ3v) is 4.75. The van der Waals surface area contributed by atoms with Gasteiger partial charge in [0.2, 0.25) is 11.8 Å². The number of primary amides is 1. The molecule has 0 spiro atoms. The second kappa shape index (κ2) is 8.03. The number of hydrogen-bond donors (Lipinski definition) is 2. The monoisotopic (exact) mass is 369 g/mol. The summed E-state index contributed by atoms with van der Waals surface area (Å²) in [7, 11) is 0. The number of likely N-dealkylation sites (tertiary alicyclic amines) is 1. The van der Waals surface area contributed by atoms with Crippen molar-refractivity contribution >= 4 is 17.7 Å². The molecule has 8 nitrogen and oxygen atoms in total. The molecule has 142 valence electrons. The number of nitrogens with one attached hydrogen (secondary N) is 1. The maximum Gasteiger partial charge on any atom is 0.255 e. The fourth-order valence-corrected chi connectivity index (χ4v) is 3.22. The van der Waals surface area contributed by atoms with E-state index in [1.165, 1.54) is 6.92 Å². The average Bonchev–Trinajstić information content (AvgIpc) is 3.15. The molecule has 0 saturated carbocycles. The first-order valence-electron chi connectivity index (χ1n) is 8.91. The number of benzene rings is 1. The van der Waals surface area contributed by atoms with Crippen molar-refractivity contribution in [2.24, 2.45) is 11.7 Å². The molecule has 3 N–H and O–H groups in total. The van der Waals surface area contributed by atoms with E-state index < -0.39 is 0 Å². The van der Waals surface area contributed by atoms with Crippen LogP contribution in [-0.4, -0.2) is 45.3 Å². The van der Waals surface area contributed by atoms with Crippen LogP contribution in [0.25, 0.3) is 5.69 Å². The van der Waals surface area contributed by atoms with E-state index in [4.69, 9.17) is 5.73 Å². The SMILES string of the molecule is CC(=O)NCc1cn(-c2ccccc2C(=O)N2CCC(C(N)=O)CC2)cn1. The lowest BCUT2D eigenvalue weighted by Crippen LogP contribution is -2.42. The Kier molecular flexibility index (Phi) is 5.54. The lowest BCUT2D eigenvalue weighted by Gasteiger charge is -2.31. The first-order chi connectivity index (χ1) is 13.0. The number of imidazole rings is 1. The lowest BCUT2D eigenvalue weighted by atomic mass is 9.95. The number of para-hydroxylation sites is 1. The minimum atomic E-state index is -0.299. The Bertz CT molecular complexity index is 853. The number of aromatic nitrogens is 2. The Labute approximate surface area is 157 Å². The number of piperidine rings is 1. The van der Waals surface area contributed by atoms with Gasteiger partial charge in [0.1, 0.15) is 0 Å². The summed E-state index contributed by atoms with van der Waals surface area (Å²) in [5, 5.41) is 2.70. The highest BCUT2D eigenvalue weighted by Crippen LogP contribution is 2.22. The maximum atomic E-state index is 13.0. The number of rotatable bonds is 5. The number of carbonyl (C=O) groups is 3. The predicted octanol–water partition coefficient (Wildman–Crippen LogP) is 0.846. The fraction of sp³-hybridized carbons (Fsp3) is 0.368. The minimum absolute atomic E-state index is 0.0781. The van der Waals surface area contributed by atoms with Crippen LogP contribution in [0.4, 0.5) is 0 Å². The van der Waals surface area contributed by atoms with Crippen molar-refractivity contribution < 1.29 is 14.4 Å². The molecule has 1 fully saturated rings. The molecule has 1 saturated heterocycles. The van der Waals surface area contributed by atoms with Gasteiger partial charge in [0, 0.05) is 32.1 Å². The van der Waals surface area contributed by atoms with Crippen molar-refractivity contribution in [3.63, 3.8) is 0 Å². The summed E-state index contributed by atoms with van der Waals surface area (Å²) in [5.41, 5.74) is 7.36. The van der Waals surface area contributed by atoms with Crippen LogP contribution < -0.4 is 11.1 Å². The third kappa shape index (κ3) is 4.33. The number of nitrogens with two attached hydrogens (primary N) is 1. The van der Waals surface area contributed by atoms with Gasteiger partial charge in [0.15, 0.2) is 0 Å². The molecule has 1 aromatic heterocycles. The molecule has 0 unspecified atom stereocenters. The molecule has 1 aliphatic heterocycles. The van der Waals surface area contributed by atoms with Crippen LogP contribution in [0.2, 0.25) is 0 Å². The van der Waals surface area contributed by atoms with E-state index in [2.05, 4.69) is 10.3 Å². The normalized spacial score (nSPS) is 14.8. The van der Waals surface area contributed by atoms with Crippen LogP contribution in [0.5, 0.6) is 0 Å². The highest BCUT2D eigenvalue weighted by molar-refractivity contribution is 5.98. The molecule has 1 aliphatic rings. The Morgan fingerprint density at radius 1 is 1.22 bits per heavy atom. The van der Waals surface area contributed by atoms with Gasteiger partial charge in [-0.05, 0) is 25.0 Å². The Balaban J connectivity index is 1.77. The predicted molar refractivity (Wildman–Crippen MR) is 98.9 cm³/mol. The molecule has 3 rings (SSSR count). The van der Waals surface area contributed by atoms with Gasteiger partial charge in [-0.2, -0.15) is 0 Å². The molecule has 3 amide bonds. The van der Waals surface area contributed by atoms with Crippen molar-refractivity contribution in [1.29, 1.82) is 0 Å². The van der Waals surface area contributed by atoms with Gasteiger partial charge in [0.05, 0.1) is 29.8 Å². The number of nitrogens with zero attached hydrogens (tertiary/aromatic N) is 3. The highest BCUT2D eigenvalue weighted by Gasteiger charge is 2.27. The van der Waals surface area contributed by atoms with E-state index >= 15 is 0 Å². The van der Waals surface area contributed by atoms with Gasteiger partial charge in [0.25, 0.3) is 5.91 Å². The third-order valence-electron chi connectivity index (χ3n) is 4.75. The van der Waals surface area contributed by atoms with Crippen LogP contribution in [-0.2, 0) is 16.1 Å². The number of carbonyl (C=O) groups excluding carboxylic acids is 3. The van der Waals surface area contributed by atoms with Crippen molar-refractivity contribution in [3.8, 4) is 5.69 Å². The van der Waals surface area contributed by atoms with Gasteiger partial charge in [-0.3, -0.25) is 14.4 Å². The summed E-state index contributed by atoms with van der Waals surface area (Å²) >= 11 is 0. The largest absolute Gasteiger partial charge is 0.369 e. The van der Waals surface area contributed by atoms with E-state index in [9.17, 15) is 14.4 Å². The summed E-state index contributed by atoms with van der Waals surface area (Å²) in [6.07, 6.45) is 4.61. The van der Waals surface area contributed by atoms with Crippen LogP contribution in [0.3, 0.4) is 0 Å². The van der Waals surface area contributed by atoms with Crippen LogP contribution in [0.15, 0.2) is 36.8 Å². The Hall–Kier alpha value is -3.16. The van der Waals surface area contributed by atoms with E-state index in [0.29, 0.717) is 43.7 Å². The molecule has 0 aliphatic carbocycles. The summed E-state index contributed by atoms with van der Waals surface area (Å²) in [5.74, 6) is -0.660. The standard InChI is InChI=1S/C19H23N5O3/c1-13(25)21-10-15-11-24(12-22-15)17-5-3-2-4-16(17)19(27)23-8-6-14(7-9-23)18(20)26/h2-5,11-12,14H,6-10H2,1H3,(H2,20,26)(H,21,25). The van der Waals surface area contributed by atoms with Crippen molar-refractivity contribution in [1.82, 2.24) is 19.8 Å². The quantitative estimate of drug-likeness (QED) is 0.814. The topological polar surface area (TPSA) is 110 Å². The van der Waals surface area contributed by atoms with Gasteiger partial charge in [-0.15, -0.1) is 0 Å². The first kappa shape index (κ1) is 18.6. The minimum Gasteiger partial charge on any atom is -0.369 e. The molecule has 2 heterocycles. The summed E-state index contributed by atoms with van der Waals surface area (Å²) < 4.78 is 1.78. The first-order valence-corrected chi connectivity index (χ1v) is 8.91. The van der Waals surface area contributed by atoms with Crippen molar-refractivity contribution in [2.75, 3.05) is 13.1 Å². The number of amides is 3. The molecule has 0 atom stereocenters. The van der Waals surface area contributed by atoms with Gasteiger partial charge in [-0.25, -0.2) is 4.98 Å². The van der Waals surface area contributed by atoms with E-state index in [1.807, 2.05) is 18.2 Å². The van der Waals surface area contributed by atoms with Gasteiger partial charge < -0.3 is 20.5 Å². The van der Waals surface area contributed by atoms with E-state index in [-0.39, 0.29) is 23.6 Å². The van der Waals surface area contributed by atoms with E-state index in [1.54, 1.807) is 28.1 Å². The maximum absolute atomic E-state index is 13.0. The molecule has 2 aromatic rings. The fourth-order valence-electron chi connectivity index (χ4n) is 3.22. The second-order valence-electron chi connectivity index (χ2n) is 6.67. The zero-order chi connectivity index (χ0) is 19.4. The molecule has 0 bridgehead atoms. The Morgan fingerprint density at radius 3 is 2.59 bits per heavy atom. The second-order valence-corrected chi connectivity index (χ2v) is 6.67. The van der Waals surface area contributed by atoms with E-state index in [0.717, 1.165) is 5.69 Å². The van der Waals surface area contributed by atoms with Crippen LogP contribution in [0.1, 0.15) is 35.8 Å². The average molecular weight is 369 g/mol. The molecule has 8 heteroatoms. The van der Waals surface area contributed by atoms with Crippen LogP contribution in [0, 0.1) is 5.92 Å². The smallest absolute Gasteiger partial charge is 0.255 e. The van der Waals surface area contributed by atoms with Crippen molar-refractivity contribution in [2.45, 2.75) is 26.3 Å². The zero-order valence-electron chi connectivity index (χ0n) is 15.2. The lowest BCUT2D eigenvalue weighted by molar-refractivity contribution is -0.123. The van der Waals surface area contributed by atoms with Gasteiger partial charge >= 0.3 is 0 Å². The summed E-state index contributed by atoms with van der Waals surface area (Å²) in [6, 6.07) is 7.32. The van der Waals surface area contributed by atoms with Gasteiger partial charge in [-0.1, -0.05) is 12.1 Å². The highest BCUT2D eigenvalue weighted by atomic mass is 16.2.